The molecule has 5 rings (SSSR count). The summed E-state index contributed by atoms with van der Waals surface area (Å²) in [5.74, 6) is -0.251. The van der Waals surface area contributed by atoms with E-state index in [-0.39, 0.29) is 11.8 Å². The Labute approximate surface area is 222 Å². The summed E-state index contributed by atoms with van der Waals surface area (Å²) in [6, 6.07) is 18.4. The number of carbonyl (C=O) groups is 2. The Morgan fingerprint density at radius 3 is 2.54 bits per heavy atom. The highest BCUT2D eigenvalue weighted by Gasteiger charge is 2.47. The predicted octanol–water partition coefficient (Wildman–Crippen LogP) is 6.88. The first-order chi connectivity index (χ1) is 16.9. The van der Waals surface area contributed by atoms with Gasteiger partial charge in [0, 0.05) is 51.0 Å². The number of hydrogen-bond donors (Lipinski definition) is 2. The summed E-state index contributed by atoms with van der Waals surface area (Å²) in [7, 11) is 0. The van der Waals surface area contributed by atoms with Gasteiger partial charge in [-0.3, -0.25) is 9.59 Å². The van der Waals surface area contributed by atoms with Gasteiger partial charge in [-0.15, -0.1) is 0 Å². The molecule has 2 amide bonds. The van der Waals surface area contributed by atoms with Crippen molar-refractivity contribution in [1.82, 2.24) is 4.90 Å². The van der Waals surface area contributed by atoms with Crippen molar-refractivity contribution in [1.29, 1.82) is 0 Å². The van der Waals surface area contributed by atoms with E-state index in [0.717, 1.165) is 48.0 Å². The minimum absolute atomic E-state index is 0.0349. The molecule has 2 aliphatic rings. The Bertz CT molecular complexity index is 1310. The van der Waals surface area contributed by atoms with Crippen LogP contribution in [0.2, 0.25) is 10.0 Å². The van der Waals surface area contributed by atoms with Crippen LogP contribution in [0.4, 0.5) is 11.4 Å². The minimum Gasteiger partial charge on any atom is -0.367 e. The smallest absolute Gasteiger partial charge is 0.255 e. The number of fused-ring (bicyclic) bond motifs is 1. The van der Waals surface area contributed by atoms with Gasteiger partial charge in [-0.25, -0.2) is 0 Å². The summed E-state index contributed by atoms with van der Waals surface area (Å²) in [6.07, 6.45) is 3.47. The van der Waals surface area contributed by atoms with Crippen LogP contribution in [0.1, 0.15) is 40.7 Å². The van der Waals surface area contributed by atoms with Crippen LogP contribution in [0.3, 0.4) is 0 Å². The molecule has 0 spiro atoms. The Hall–Kier alpha value is -2.54. The number of likely N-dealkylation sites (tertiary alicyclic amines) is 1. The molecule has 2 N–H and O–H groups in total. The average molecular weight is 573 g/mol. The zero-order valence-electron chi connectivity index (χ0n) is 18.9. The fourth-order valence-corrected chi connectivity index (χ4v) is 5.69. The van der Waals surface area contributed by atoms with E-state index in [2.05, 4.69) is 26.6 Å². The molecular formula is C27H24BrCl2N3O2. The van der Waals surface area contributed by atoms with Gasteiger partial charge in [0.1, 0.15) is 5.54 Å². The monoisotopic (exact) mass is 571 g/mol. The number of nitrogens with zero attached hydrogens (tertiary/aromatic N) is 1. The highest BCUT2D eigenvalue weighted by atomic mass is 79.9. The fourth-order valence-electron chi connectivity index (χ4n) is 4.94. The normalized spacial score (nSPS) is 19.3. The van der Waals surface area contributed by atoms with Crippen LogP contribution in [0.5, 0.6) is 0 Å². The van der Waals surface area contributed by atoms with Gasteiger partial charge in [0.2, 0.25) is 0 Å². The number of nitrogens with one attached hydrogen (secondary N) is 2. The molecule has 2 aliphatic heterocycles. The summed E-state index contributed by atoms with van der Waals surface area (Å²) in [6.45, 7) is 1.48. The van der Waals surface area contributed by atoms with Gasteiger partial charge < -0.3 is 15.5 Å². The molecule has 5 nitrogen and oxygen atoms in total. The Balaban J connectivity index is 1.61. The quantitative estimate of drug-likeness (QED) is 0.350. The SMILES string of the molecule is O=C(c1ccc(Br)cc1NC1(Cc2cccc(Cl)c2)C(=O)Nc2cc(Cl)ccc21)N1CCCCC1. The maximum absolute atomic E-state index is 13.7. The molecule has 3 aromatic rings. The largest absolute Gasteiger partial charge is 0.367 e. The summed E-state index contributed by atoms with van der Waals surface area (Å²) < 4.78 is 0.808. The second-order valence-corrected chi connectivity index (χ2v) is 10.8. The molecule has 3 aromatic carbocycles. The molecule has 0 bridgehead atoms. The summed E-state index contributed by atoms with van der Waals surface area (Å²) in [5, 5.41) is 7.61. The number of hydrogen-bond acceptors (Lipinski definition) is 3. The fraction of sp³-hybridized carbons (Fsp3) is 0.259. The topological polar surface area (TPSA) is 61.4 Å². The number of rotatable bonds is 5. The maximum atomic E-state index is 13.7. The number of anilines is 2. The molecule has 0 saturated carbocycles. The van der Waals surface area contributed by atoms with Gasteiger partial charge in [-0.1, -0.05) is 57.3 Å². The number of amides is 2. The van der Waals surface area contributed by atoms with Crippen molar-refractivity contribution in [3.8, 4) is 0 Å². The molecule has 1 saturated heterocycles. The van der Waals surface area contributed by atoms with Crippen molar-refractivity contribution < 1.29 is 9.59 Å². The summed E-state index contributed by atoms with van der Waals surface area (Å²) in [5.41, 5.74) is 2.27. The third-order valence-corrected chi connectivity index (χ3v) is 7.60. The molecule has 35 heavy (non-hydrogen) atoms. The third kappa shape index (κ3) is 4.80. The first kappa shape index (κ1) is 24.2. The molecule has 0 radical (unpaired) electrons. The van der Waals surface area contributed by atoms with Crippen molar-refractivity contribution in [2.75, 3.05) is 23.7 Å². The Morgan fingerprint density at radius 1 is 1.00 bits per heavy atom. The average Bonchev–Trinajstić information content (AvgIpc) is 3.09. The summed E-state index contributed by atoms with van der Waals surface area (Å²) in [4.78, 5) is 29.1. The first-order valence-electron chi connectivity index (χ1n) is 11.6. The minimum atomic E-state index is -1.16. The molecule has 1 atom stereocenters. The molecule has 1 unspecified atom stereocenters. The van der Waals surface area contributed by atoms with E-state index in [0.29, 0.717) is 33.4 Å². The van der Waals surface area contributed by atoms with E-state index >= 15 is 0 Å². The lowest BCUT2D eigenvalue weighted by Gasteiger charge is -2.33. The molecule has 0 aromatic heterocycles. The van der Waals surface area contributed by atoms with Crippen LogP contribution in [0, 0.1) is 0 Å². The molecule has 180 valence electrons. The van der Waals surface area contributed by atoms with Crippen LogP contribution >= 0.6 is 39.1 Å². The molecule has 8 heteroatoms. The summed E-state index contributed by atoms with van der Waals surface area (Å²) >= 11 is 16.0. The van der Waals surface area contributed by atoms with Crippen LogP contribution in [-0.2, 0) is 16.8 Å². The number of carbonyl (C=O) groups excluding carboxylic acids is 2. The number of halogens is 3. The third-order valence-electron chi connectivity index (χ3n) is 6.64. The predicted molar refractivity (Wildman–Crippen MR) is 144 cm³/mol. The maximum Gasteiger partial charge on any atom is 0.255 e. The van der Waals surface area contributed by atoms with Gasteiger partial charge in [0.25, 0.3) is 11.8 Å². The van der Waals surface area contributed by atoms with Crippen molar-refractivity contribution in [2.45, 2.75) is 31.2 Å². The zero-order chi connectivity index (χ0) is 24.6. The van der Waals surface area contributed by atoms with Crippen LogP contribution in [0.25, 0.3) is 0 Å². The van der Waals surface area contributed by atoms with Crippen molar-refractivity contribution in [2.24, 2.45) is 0 Å². The van der Waals surface area contributed by atoms with Gasteiger partial charge >= 0.3 is 0 Å². The lowest BCUT2D eigenvalue weighted by atomic mass is 9.84. The lowest BCUT2D eigenvalue weighted by molar-refractivity contribution is -0.119. The van der Waals surface area contributed by atoms with E-state index in [4.69, 9.17) is 23.2 Å². The standard InChI is InChI=1S/C27H24BrCl2N3O2/c28-18-7-9-21(25(34)33-11-2-1-3-12-33)23(14-18)32-27(16-17-5-4-6-19(29)13-17)22-10-8-20(30)15-24(22)31-26(27)35/h4-10,13-15,32H,1-3,11-12,16H2,(H,31,35). The van der Waals surface area contributed by atoms with Crippen LogP contribution < -0.4 is 10.6 Å². The van der Waals surface area contributed by atoms with Gasteiger partial charge in [0.05, 0.1) is 5.56 Å². The Morgan fingerprint density at radius 2 is 1.77 bits per heavy atom. The van der Waals surface area contributed by atoms with E-state index in [1.807, 2.05) is 47.4 Å². The molecule has 1 fully saturated rings. The first-order valence-corrected chi connectivity index (χ1v) is 13.1. The Kier molecular flexibility index (Phi) is 6.80. The number of benzene rings is 3. The molecular weight excluding hydrogens is 549 g/mol. The van der Waals surface area contributed by atoms with Crippen molar-refractivity contribution >= 4 is 62.3 Å². The lowest BCUT2D eigenvalue weighted by Crippen LogP contribution is -2.45. The zero-order valence-corrected chi connectivity index (χ0v) is 22.0. The van der Waals surface area contributed by atoms with Gasteiger partial charge in [0.15, 0.2) is 0 Å². The van der Waals surface area contributed by atoms with E-state index in [1.165, 1.54) is 0 Å². The van der Waals surface area contributed by atoms with Crippen molar-refractivity contribution in [3.05, 3.63) is 91.9 Å². The van der Waals surface area contributed by atoms with Gasteiger partial charge in [-0.2, -0.15) is 0 Å². The number of piperidine rings is 1. The van der Waals surface area contributed by atoms with E-state index in [9.17, 15) is 9.59 Å². The second-order valence-electron chi connectivity index (χ2n) is 9.02. The highest BCUT2D eigenvalue weighted by molar-refractivity contribution is 9.10. The van der Waals surface area contributed by atoms with E-state index < -0.39 is 5.54 Å². The molecule has 2 heterocycles. The molecule has 0 aliphatic carbocycles. The van der Waals surface area contributed by atoms with Crippen LogP contribution in [0.15, 0.2) is 65.1 Å². The van der Waals surface area contributed by atoms with E-state index in [1.54, 1.807) is 18.2 Å². The van der Waals surface area contributed by atoms with Gasteiger partial charge in [-0.05, 0) is 67.3 Å². The second kappa shape index (κ2) is 9.84. The van der Waals surface area contributed by atoms with Crippen LogP contribution in [-0.4, -0.2) is 29.8 Å². The highest BCUT2D eigenvalue weighted by Crippen LogP contribution is 2.43. The van der Waals surface area contributed by atoms with Crippen molar-refractivity contribution in [3.63, 3.8) is 0 Å².